The first-order valence-electron chi connectivity index (χ1n) is 5.07. The topological polar surface area (TPSA) is 26.3 Å². The fourth-order valence-electron chi connectivity index (χ4n) is 2.58. The lowest BCUT2D eigenvalue weighted by molar-refractivity contribution is -0.141. The third-order valence-corrected chi connectivity index (χ3v) is 3.21. The van der Waals surface area contributed by atoms with Gasteiger partial charge < -0.3 is 4.74 Å². The molecule has 2 nitrogen and oxygen atoms in total. The van der Waals surface area contributed by atoms with Crippen LogP contribution in [0.15, 0.2) is 12.2 Å². The Kier molecular flexibility index (Phi) is 2.38. The fraction of sp³-hybridized carbons (Fsp3) is 0.727. The van der Waals surface area contributed by atoms with E-state index in [4.69, 9.17) is 4.74 Å². The zero-order chi connectivity index (χ0) is 9.26. The zero-order valence-electron chi connectivity index (χ0n) is 8.03. The van der Waals surface area contributed by atoms with Gasteiger partial charge in [-0.15, -0.1) is 0 Å². The maximum Gasteiger partial charge on any atom is 0.302 e. The van der Waals surface area contributed by atoms with Gasteiger partial charge in [-0.05, 0) is 37.0 Å². The molecule has 2 heteroatoms. The fourth-order valence-corrected chi connectivity index (χ4v) is 2.58. The number of rotatable bonds is 3. The summed E-state index contributed by atoms with van der Waals surface area (Å²) in [5.74, 6) is 2.22. The predicted octanol–water partition coefficient (Wildman–Crippen LogP) is 2.15. The monoisotopic (exact) mass is 180 g/mol. The molecule has 0 aromatic rings. The highest BCUT2D eigenvalue weighted by atomic mass is 16.5. The summed E-state index contributed by atoms with van der Waals surface area (Å²) in [5.41, 5.74) is 0. The van der Waals surface area contributed by atoms with Crippen molar-refractivity contribution in [2.24, 2.45) is 17.8 Å². The summed E-state index contributed by atoms with van der Waals surface area (Å²) in [4.78, 5) is 10.5. The molecule has 2 bridgehead atoms. The largest absolute Gasteiger partial charge is 0.466 e. The molecular weight excluding hydrogens is 164 g/mol. The number of allylic oxidation sites excluding steroid dienone is 2. The Balaban J connectivity index is 1.72. The summed E-state index contributed by atoms with van der Waals surface area (Å²) < 4.78 is 4.95. The molecule has 0 N–H and O–H groups in total. The van der Waals surface area contributed by atoms with Crippen LogP contribution < -0.4 is 0 Å². The summed E-state index contributed by atoms with van der Waals surface area (Å²) in [5, 5.41) is 0. The summed E-state index contributed by atoms with van der Waals surface area (Å²) in [6.45, 7) is 2.08. The zero-order valence-corrected chi connectivity index (χ0v) is 8.03. The van der Waals surface area contributed by atoms with Crippen LogP contribution in [0.2, 0.25) is 0 Å². The van der Waals surface area contributed by atoms with E-state index < -0.39 is 0 Å². The van der Waals surface area contributed by atoms with Gasteiger partial charge in [0, 0.05) is 6.92 Å². The molecule has 3 unspecified atom stereocenters. The molecule has 0 radical (unpaired) electrons. The van der Waals surface area contributed by atoms with Gasteiger partial charge in [-0.1, -0.05) is 12.2 Å². The van der Waals surface area contributed by atoms with Crippen molar-refractivity contribution >= 4 is 5.97 Å². The van der Waals surface area contributed by atoms with Crippen LogP contribution in [0.3, 0.4) is 0 Å². The summed E-state index contributed by atoms with van der Waals surface area (Å²) in [6.07, 6.45) is 8.37. The van der Waals surface area contributed by atoms with Crippen LogP contribution >= 0.6 is 0 Å². The SMILES string of the molecule is CC(=O)OCCC1CC2C=CC1C2. The van der Waals surface area contributed by atoms with E-state index in [9.17, 15) is 4.79 Å². The second-order valence-corrected chi connectivity index (χ2v) is 4.17. The Morgan fingerprint density at radius 3 is 2.85 bits per heavy atom. The van der Waals surface area contributed by atoms with Crippen LogP contribution in [-0.2, 0) is 9.53 Å². The molecule has 0 aromatic heterocycles. The van der Waals surface area contributed by atoms with E-state index in [1.165, 1.54) is 19.8 Å². The number of carbonyl (C=O) groups excluding carboxylic acids is 1. The number of fused-ring (bicyclic) bond motifs is 2. The normalized spacial score (nSPS) is 35.3. The number of hydrogen-bond donors (Lipinski definition) is 0. The molecule has 1 saturated carbocycles. The Hall–Kier alpha value is -0.790. The van der Waals surface area contributed by atoms with E-state index >= 15 is 0 Å². The number of carbonyl (C=O) groups is 1. The lowest BCUT2D eigenvalue weighted by Crippen LogP contribution is -2.11. The van der Waals surface area contributed by atoms with Crippen LogP contribution in [0, 0.1) is 17.8 Å². The average molecular weight is 180 g/mol. The van der Waals surface area contributed by atoms with Gasteiger partial charge in [-0.2, -0.15) is 0 Å². The van der Waals surface area contributed by atoms with E-state index in [1.807, 2.05) is 0 Å². The molecule has 3 atom stereocenters. The van der Waals surface area contributed by atoms with Gasteiger partial charge in [0.15, 0.2) is 0 Å². The minimum absolute atomic E-state index is 0.154. The minimum atomic E-state index is -0.154. The van der Waals surface area contributed by atoms with E-state index in [1.54, 1.807) is 0 Å². The molecule has 2 aliphatic rings. The van der Waals surface area contributed by atoms with Gasteiger partial charge in [0.25, 0.3) is 0 Å². The first-order valence-corrected chi connectivity index (χ1v) is 5.07. The average Bonchev–Trinajstić information content (AvgIpc) is 2.64. The van der Waals surface area contributed by atoms with E-state index in [2.05, 4.69) is 12.2 Å². The molecule has 0 heterocycles. The Morgan fingerprint density at radius 2 is 2.31 bits per heavy atom. The molecule has 0 aliphatic heterocycles. The van der Waals surface area contributed by atoms with Crippen molar-refractivity contribution in [1.29, 1.82) is 0 Å². The van der Waals surface area contributed by atoms with Crippen LogP contribution in [0.25, 0.3) is 0 Å². The predicted molar refractivity (Wildman–Crippen MR) is 50.1 cm³/mol. The second-order valence-electron chi connectivity index (χ2n) is 4.17. The van der Waals surface area contributed by atoms with Crippen molar-refractivity contribution in [1.82, 2.24) is 0 Å². The van der Waals surface area contributed by atoms with E-state index in [0.29, 0.717) is 6.61 Å². The van der Waals surface area contributed by atoms with Gasteiger partial charge >= 0.3 is 5.97 Å². The van der Waals surface area contributed by atoms with Crippen molar-refractivity contribution in [2.45, 2.75) is 26.2 Å². The molecule has 72 valence electrons. The van der Waals surface area contributed by atoms with Gasteiger partial charge in [-0.25, -0.2) is 0 Å². The number of hydrogen-bond acceptors (Lipinski definition) is 2. The van der Waals surface area contributed by atoms with Crippen molar-refractivity contribution in [3.63, 3.8) is 0 Å². The minimum Gasteiger partial charge on any atom is -0.466 e. The maximum atomic E-state index is 10.5. The van der Waals surface area contributed by atoms with E-state index in [0.717, 1.165) is 24.2 Å². The quantitative estimate of drug-likeness (QED) is 0.491. The van der Waals surface area contributed by atoms with Gasteiger partial charge in [0.2, 0.25) is 0 Å². The maximum absolute atomic E-state index is 10.5. The lowest BCUT2D eigenvalue weighted by Gasteiger charge is -2.17. The van der Waals surface area contributed by atoms with E-state index in [-0.39, 0.29) is 5.97 Å². The molecule has 13 heavy (non-hydrogen) atoms. The second kappa shape index (κ2) is 3.52. The summed E-state index contributed by atoms with van der Waals surface area (Å²) >= 11 is 0. The van der Waals surface area contributed by atoms with Gasteiger partial charge in [-0.3, -0.25) is 4.79 Å². The molecule has 0 aromatic carbocycles. The highest BCUT2D eigenvalue weighted by Crippen LogP contribution is 2.44. The van der Waals surface area contributed by atoms with Crippen LogP contribution in [0.1, 0.15) is 26.2 Å². The standard InChI is InChI=1S/C11H16O2/c1-8(12)13-5-4-11-7-9-2-3-10(11)6-9/h2-3,9-11H,4-7H2,1H3. The van der Waals surface area contributed by atoms with Crippen molar-refractivity contribution in [2.75, 3.05) is 6.61 Å². The Morgan fingerprint density at radius 1 is 1.46 bits per heavy atom. The Bertz CT molecular complexity index is 232. The molecule has 0 amide bonds. The van der Waals surface area contributed by atoms with Crippen molar-refractivity contribution in [3.8, 4) is 0 Å². The molecule has 1 fully saturated rings. The third kappa shape index (κ3) is 1.93. The Labute approximate surface area is 79.0 Å². The summed E-state index contributed by atoms with van der Waals surface area (Å²) in [6, 6.07) is 0. The first-order chi connectivity index (χ1) is 6.25. The van der Waals surface area contributed by atoms with Crippen LogP contribution in [0.5, 0.6) is 0 Å². The summed E-state index contributed by atoms with van der Waals surface area (Å²) in [7, 11) is 0. The highest BCUT2D eigenvalue weighted by Gasteiger charge is 2.35. The van der Waals surface area contributed by atoms with Crippen molar-refractivity contribution < 1.29 is 9.53 Å². The highest BCUT2D eigenvalue weighted by molar-refractivity contribution is 5.65. The smallest absolute Gasteiger partial charge is 0.302 e. The molecule has 2 aliphatic carbocycles. The number of ether oxygens (including phenoxy) is 1. The first kappa shape index (κ1) is 8.79. The lowest BCUT2D eigenvalue weighted by atomic mass is 9.91. The molecule has 0 spiro atoms. The molecular formula is C11H16O2. The van der Waals surface area contributed by atoms with Crippen molar-refractivity contribution in [3.05, 3.63) is 12.2 Å². The van der Waals surface area contributed by atoms with Gasteiger partial charge in [0.05, 0.1) is 6.61 Å². The van der Waals surface area contributed by atoms with Gasteiger partial charge in [0.1, 0.15) is 0 Å². The molecule has 0 saturated heterocycles. The number of esters is 1. The van der Waals surface area contributed by atoms with Crippen LogP contribution in [-0.4, -0.2) is 12.6 Å². The molecule has 2 rings (SSSR count). The third-order valence-electron chi connectivity index (χ3n) is 3.21. The van der Waals surface area contributed by atoms with Crippen LogP contribution in [0.4, 0.5) is 0 Å².